The van der Waals surface area contributed by atoms with Gasteiger partial charge in [0.05, 0.1) is 6.61 Å². The summed E-state index contributed by atoms with van der Waals surface area (Å²) in [6.07, 6.45) is -0.278. The Balaban J connectivity index is 4.18. The first-order chi connectivity index (χ1) is 7.03. The van der Waals surface area contributed by atoms with E-state index >= 15 is 0 Å². The van der Waals surface area contributed by atoms with E-state index in [4.69, 9.17) is 9.84 Å². The number of nitrogens with one attached hydrogen (secondary N) is 1. The van der Waals surface area contributed by atoms with Gasteiger partial charge in [0.1, 0.15) is 6.10 Å². The number of hydrogen-bond donors (Lipinski definition) is 2. The summed E-state index contributed by atoms with van der Waals surface area (Å²) in [6.45, 7) is 11.6. The molecule has 0 heterocycles. The molecule has 1 atom stereocenters. The SMILES string of the molecule is CC(C)(C)C[C@@H](CO)OC(=O)NC(C)(C)C. The summed E-state index contributed by atoms with van der Waals surface area (Å²) in [7, 11) is 0. The number of carbonyl (C=O) groups is 1. The van der Waals surface area contributed by atoms with Gasteiger partial charge in [0.25, 0.3) is 0 Å². The van der Waals surface area contributed by atoms with Gasteiger partial charge in [-0.2, -0.15) is 0 Å². The Morgan fingerprint density at radius 2 is 1.75 bits per heavy atom. The second-order valence-electron chi connectivity index (χ2n) is 6.35. The fraction of sp³-hybridized carbons (Fsp3) is 0.917. The molecule has 0 radical (unpaired) electrons. The van der Waals surface area contributed by atoms with Crippen LogP contribution in [0.3, 0.4) is 0 Å². The van der Waals surface area contributed by atoms with Crippen LogP contribution in [0.4, 0.5) is 4.79 Å². The molecule has 16 heavy (non-hydrogen) atoms. The molecular formula is C12H25NO3. The Kier molecular flexibility index (Phi) is 5.26. The summed E-state index contributed by atoms with van der Waals surface area (Å²) in [5.41, 5.74) is -0.297. The van der Waals surface area contributed by atoms with Gasteiger partial charge in [-0.05, 0) is 32.6 Å². The van der Waals surface area contributed by atoms with Crippen LogP contribution in [0.15, 0.2) is 0 Å². The summed E-state index contributed by atoms with van der Waals surface area (Å²) in [5.74, 6) is 0. The third-order valence-corrected chi connectivity index (χ3v) is 1.79. The molecular weight excluding hydrogens is 206 g/mol. The Morgan fingerprint density at radius 1 is 1.25 bits per heavy atom. The van der Waals surface area contributed by atoms with Gasteiger partial charge in [-0.1, -0.05) is 20.8 Å². The van der Waals surface area contributed by atoms with Crippen molar-refractivity contribution in [3.8, 4) is 0 Å². The first-order valence-electron chi connectivity index (χ1n) is 5.63. The van der Waals surface area contributed by atoms with Crippen LogP contribution in [0, 0.1) is 5.41 Å². The van der Waals surface area contributed by atoms with Crippen LogP contribution in [-0.4, -0.2) is 29.4 Å². The van der Waals surface area contributed by atoms with Crippen LogP contribution >= 0.6 is 0 Å². The van der Waals surface area contributed by atoms with E-state index < -0.39 is 12.2 Å². The number of rotatable bonds is 3. The fourth-order valence-electron chi connectivity index (χ4n) is 1.31. The van der Waals surface area contributed by atoms with Gasteiger partial charge < -0.3 is 15.2 Å². The molecule has 0 spiro atoms. The molecule has 0 aromatic rings. The fourth-order valence-corrected chi connectivity index (χ4v) is 1.31. The zero-order valence-electron chi connectivity index (χ0n) is 11.3. The number of ether oxygens (including phenoxy) is 1. The smallest absolute Gasteiger partial charge is 0.407 e. The maximum Gasteiger partial charge on any atom is 0.407 e. The van der Waals surface area contributed by atoms with E-state index in [2.05, 4.69) is 5.32 Å². The van der Waals surface area contributed by atoms with E-state index in [-0.39, 0.29) is 17.6 Å². The van der Waals surface area contributed by atoms with Gasteiger partial charge in [0.2, 0.25) is 0 Å². The minimum absolute atomic E-state index is 0.0232. The molecule has 1 amide bonds. The molecule has 0 aliphatic heterocycles. The van der Waals surface area contributed by atoms with Crippen LogP contribution in [-0.2, 0) is 4.74 Å². The topological polar surface area (TPSA) is 58.6 Å². The highest BCUT2D eigenvalue weighted by atomic mass is 16.6. The van der Waals surface area contributed by atoms with Crippen molar-refractivity contribution in [1.82, 2.24) is 5.32 Å². The van der Waals surface area contributed by atoms with E-state index in [0.29, 0.717) is 6.42 Å². The lowest BCUT2D eigenvalue weighted by Gasteiger charge is -2.26. The van der Waals surface area contributed by atoms with E-state index in [1.54, 1.807) is 0 Å². The lowest BCUT2D eigenvalue weighted by Crippen LogP contribution is -2.43. The average Bonchev–Trinajstić information content (AvgIpc) is 1.96. The standard InChI is InChI=1S/C12H25NO3/c1-11(2,3)7-9(8-14)16-10(15)13-12(4,5)6/h9,14H,7-8H2,1-6H3,(H,13,15)/t9-/m0/s1. The molecule has 4 heteroatoms. The minimum Gasteiger partial charge on any atom is -0.444 e. The van der Waals surface area contributed by atoms with Gasteiger partial charge in [-0.3, -0.25) is 0 Å². The molecule has 0 bridgehead atoms. The third-order valence-electron chi connectivity index (χ3n) is 1.79. The van der Waals surface area contributed by atoms with E-state index in [1.807, 2.05) is 41.5 Å². The molecule has 0 fully saturated rings. The molecule has 4 nitrogen and oxygen atoms in total. The largest absolute Gasteiger partial charge is 0.444 e. The van der Waals surface area contributed by atoms with Crippen LogP contribution in [0.25, 0.3) is 0 Å². The number of aliphatic hydroxyl groups excluding tert-OH is 1. The quantitative estimate of drug-likeness (QED) is 0.783. The molecule has 0 saturated carbocycles. The first kappa shape index (κ1) is 15.2. The lowest BCUT2D eigenvalue weighted by molar-refractivity contribution is 0.0309. The monoisotopic (exact) mass is 231 g/mol. The van der Waals surface area contributed by atoms with Crippen molar-refractivity contribution < 1.29 is 14.6 Å². The minimum atomic E-state index is -0.476. The van der Waals surface area contributed by atoms with Gasteiger partial charge in [0.15, 0.2) is 0 Å². The summed E-state index contributed by atoms with van der Waals surface area (Å²) < 4.78 is 5.15. The van der Waals surface area contributed by atoms with Crippen molar-refractivity contribution in [3.05, 3.63) is 0 Å². The third kappa shape index (κ3) is 8.53. The van der Waals surface area contributed by atoms with E-state index in [1.165, 1.54) is 0 Å². The maximum absolute atomic E-state index is 11.5. The highest BCUT2D eigenvalue weighted by molar-refractivity contribution is 5.68. The summed E-state index contributed by atoms with van der Waals surface area (Å²) >= 11 is 0. The highest BCUT2D eigenvalue weighted by Crippen LogP contribution is 2.22. The Hall–Kier alpha value is -0.770. The second-order valence-corrected chi connectivity index (χ2v) is 6.35. The van der Waals surface area contributed by atoms with Crippen molar-refractivity contribution in [2.45, 2.75) is 59.6 Å². The number of carbonyl (C=O) groups excluding carboxylic acids is 1. The van der Waals surface area contributed by atoms with Crippen LogP contribution in [0.1, 0.15) is 48.0 Å². The van der Waals surface area contributed by atoms with Crippen molar-refractivity contribution in [2.24, 2.45) is 5.41 Å². The number of aliphatic hydroxyl groups is 1. The van der Waals surface area contributed by atoms with Crippen LogP contribution in [0.2, 0.25) is 0 Å². The number of alkyl carbamates (subject to hydrolysis) is 1. The first-order valence-corrected chi connectivity index (χ1v) is 5.63. The molecule has 0 aliphatic carbocycles. The molecule has 0 rings (SSSR count). The molecule has 0 aromatic carbocycles. The summed E-state index contributed by atoms with van der Waals surface area (Å²) in [4.78, 5) is 11.5. The van der Waals surface area contributed by atoms with E-state index in [9.17, 15) is 4.79 Å². The van der Waals surface area contributed by atoms with Crippen molar-refractivity contribution in [3.63, 3.8) is 0 Å². The molecule has 96 valence electrons. The Labute approximate surface area is 98.4 Å². The lowest BCUT2D eigenvalue weighted by atomic mass is 9.89. The van der Waals surface area contributed by atoms with Gasteiger partial charge in [0, 0.05) is 5.54 Å². The normalized spacial score (nSPS) is 14.4. The van der Waals surface area contributed by atoms with Gasteiger partial charge in [-0.15, -0.1) is 0 Å². The predicted octanol–water partition coefficient (Wildman–Crippen LogP) is 2.31. The van der Waals surface area contributed by atoms with Gasteiger partial charge >= 0.3 is 6.09 Å². The molecule has 0 unspecified atom stereocenters. The Morgan fingerprint density at radius 3 is 2.06 bits per heavy atom. The average molecular weight is 231 g/mol. The number of hydrogen-bond acceptors (Lipinski definition) is 3. The van der Waals surface area contributed by atoms with E-state index in [0.717, 1.165) is 0 Å². The van der Waals surface area contributed by atoms with Crippen molar-refractivity contribution in [1.29, 1.82) is 0 Å². The zero-order valence-corrected chi connectivity index (χ0v) is 11.3. The highest BCUT2D eigenvalue weighted by Gasteiger charge is 2.23. The van der Waals surface area contributed by atoms with Crippen molar-refractivity contribution in [2.75, 3.05) is 6.61 Å². The summed E-state index contributed by atoms with van der Waals surface area (Å²) in [5, 5.41) is 11.8. The van der Waals surface area contributed by atoms with Gasteiger partial charge in [-0.25, -0.2) is 4.79 Å². The van der Waals surface area contributed by atoms with Crippen molar-refractivity contribution >= 4 is 6.09 Å². The predicted molar refractivity (Wildman–Crippen MR) is 64.3 cm³/mol. The number of amides is 1. The maximum atomic E-state index is 11.5. The van der Waals surface area contributed by atoms with Crippen LogP contribution in [0.5, 0.6) is 0 Å². The summed E-state index contributed by atoms with van der Waals surface area (Å²) in [6, 6.07) is 0. The molecule has 0 aliphatic rings. The molecule has 0 aromatic heterocycles. The van der Waals surface area contributed by atoms with Crippen LogP contribution < -0.4 is 5.32 Å². The second kappa shape index (κ2) is 5.53. The Bertz CT molecular complexity index is 225. The molecule has 2 N–H and O–H groups in total. The molecule has 0 saturated heterocycles. The zero-order chi connectivity index (χ0) is 13.0.